The summed E-state index contributed by atoms with van der Waals surface area (Å²) in [4.78, 5) is 35.5. The molecule has 0 bridgehead atoms. The van der Waals surface area contributed by atoms with Gasteiger partial charge in [-0.25, -0.2) is 4.79 Å². The van der Waals surface area contributed by atoms with Gasteiger partial charge >= 0.3 is 5.69 Å². The number of H-pyrrole nitrogens is 2. The highest BCUT2D eigenvalue weighted by Gasteiger charge is 2.13. The van der Waals surface area contributed by atoms with Crippen molar-refractivity contribution in [2.75, 3.05) is 18.9 Å². The number of likely N-dealkylation sites (N-methyl/N-ethyl adjacent to an activating group) is 1. The molecule has 3 N–H and O–H groups in total. The highest BCUT2D eigenvalue weighted by atomic mass is 16.1. The summed E-state index contributed by atoms with van der Waals surface area (Å²) >= 11 is 0. The fraction of sp³-hybridized carbons (Fsp3) is 0.350. The monoisotopic (exact) mass is 367 g/mol. The minimum absolute atomic E-state index is 0.0556. The molecule has 27 heavy (non-hydrogen) atoms. The number of benzene rings is 1. The second-order valence-corrected chi connectivity index (χ2v) is 7.00. The smallest absolute Gasteiger partial charge is 0.323 e. The van der Waals surface area contributed by atoms with Crippen LogP contribution in [0.4, 0.5) is 5.69 Å². The fourth-order valence-corrected chi connectivity index (χ4v) is 3.00. The number of pyridine rings is 1. The first-order valence-electron chi connectivity index (χ1n) is 9.04. The Bertz CT molecular complexity index is 991. The first kappa shape index (κ1) is 18.8. The van der Waals surface area contributed by atoms with Gasteiger partial charge in [-0.3, -0.25) is 9.78 Å². The van der Waals surface area contributed by atoms with Crippen molar-refractivity contribution >= 4 is 22.6 Å². The van der Waals surface area contributed by atoms with E-state index >= 15 is 0 Å². The minimum atomic E-state index is -0.257. The van der Waals surface area contributed by atoms with Gasteiger partial charge in [0.05, 0.1) is 11.0 Å². The van der Waals surface area contributed by atoms with Crippen molar-refractivity contribution in [3.63, 3.8) is 0 Å². The van der Waals surface area contributed by atoms with Crippen LogP contribution in [0.1, 0.15) is 24.6 Å². The number of nitrogens with one attached hydrogen (secondary N) is 3. The fourth-order valence-electron chi connectivity index (χ4n) is 3.00. The van der Waals surface area contributed by atoms with E-state index in [-0.39, 0.29) is 17.6 Å². The Morgan fingerprint density at radius 1 is 1.22 bits per heavy atom. The predicted molar refractivity (Wildman–Crippen MR) is 107 cm³/mol. The van der Waals surface area contributed by atoms with Crippen molar-refractivity contribution in [2.45, 2.75) is 32.7 Å². The lowest BCUT2D eigenvalue weighted by Gasteiger charge is -2.24. The average Bonchev–Trinajstić information content (AvgIpc) is 2.99. The highest BCUT2D eigenvalue weighted by Crippen LogP contribution is 2.15. The SMILES string of the molecule is Cc1ccnc(C[C@@H](C)N(C)CCC(=O)Nc2ccc3[nH]c(=O)[nH]c3c2)c1. The molecule has 142 valence electrons. The Morgan fingerprint density at radius 2 is 2.00 bits per heavy atom. The molecule has 1 amide bonds. The third-order valence-electron chi connectivity index (χ3n) is 4.72. The third kappa shape index (κ3) is 5.04. The lowest BCUT2D eigenvalue weighted by Crippen LogP contribution is -2.33. The standard InChI is InChI=1S/C20H25N5O2/c1-13-6-8-21-16(10-13)11-14(2)25(3)9-7-19(26)22-15-4-5-17-18(12-15)24-20(27)23-17/h4-6,8,10,12,14H,7,9,11H2,1-3H3,(H,22,26)(H2,23,24,27)/t14-/m1/s1. The molecule has 7 nitrogen and oxygen atoms in total. The van der Waals surface area contributed by atoms with Crippen molar-refractivity contribution in [3.05, 3.63) is 58.3 Å². The first-order valence-corrected chi connectivity index (χ1v) is 9.04. The van der Waals surface area contributed by atoms with E-state index in [1.807, 2.05) is 19.3 Å². The zero-order valence-electron chi connectivity index (χ0n) is 15.9. The lowest BCUT2D eigenvalue weighted by molar-refractivity contribution is -0.116. The second kappa shape index (κ2) is 8.18. The Morgan fingerprint density at radius 3 is 2.78 bits per heavy atom. The van der Waals surface area contributed by atoms with Crippen LogP contribution in [-0.2, 0) is 11.2 Å². The Labute approximate surface area is 157 Å². The summed E-state index contributed by atoms with van der Waals surface area (Å²) in [6.45, 7) is 4.85. The van der Waals surface area contributed by atoms with Gasteiger partial charge in [0, 0.05) is 43.0 Å². The number of anilines is 1. The molecule has 0 radical (unpaired) electrons. The topological polar surface area (TPSA) is 93.9 Å². The number of rotatable bonds is 7. The number of carbonyl (C=O) groups excluding carboxylic acids is 1. The molecule has 2 aromatic heterocycles. The van der Waals surface area contributed by atoms with Crippen molar-refractivity contribution in [1.82, 2.24) is 19.9 Å². The molecular weight excluding hydrogens is 342 g/mol. The molecule has 0 aliphatic heterocycles. The van der Waals surface area contributed by atoms with Gasteiger partial charge in [-0.1, -0.05) is 0 Å². The van der Waals surface area contributed by atoms with Crippen LogP contribution in [0.3, 0.4) is 0 Å². The molecule has 0 saturated carbocycles. The largest absolute Gasteiger partial charge is 0.326 e. The Hall–Kier alpha value is -2.93. The third-order valence-corrected chi connectivity index (χ3v) is 4.72. The molecule has 2 heterocycles. The number of imidazole rings is 1. The molecule has 3 aromatic rings. The van der Waals surface area contributed by atoms with Crippen molar-refractivity contribution in [2.24, 2.45) is 0 Å². The van der Waals surface area contributed by atoms with Crippen LogP contribution in [0.2, 0.25) is 0 Å². The summed E-state index contributed by atoms with van der Waals surface area (Å²) in [5.74, 6) is -0.0556. The van der Waals surface area contributed by atoms with Crippen molar-refractivity contribution < 1.29 is 4.79 Å². The summed E-state index contributed by atoms with van der Waals surface area (Å²) in [7, 11) is 2.02. The molecule has 3 rings (SSSR count). The predicted octanol–water partition coefficient (Wildman–Crippen LogP) is 2.45. The molecule has 0 fully saturated rings. The van der Waals surface area contributed by atoms with Crippen molar-refractivity contribution in [1.29, 1.82) is 0 Å². The maximum atomic E-state index is 12.3. The second-order valence-electron chi connectivity index (χ2n) is 7.00. The zero-order valence-corrected chi connectivity index (χ0v) is 15.9. The first-order chi connectivity index (χ1) is 12.9. The molecule has 0 aliphatic carbocycles. The lowest BCUT2D eigenvalue weighted by atomic mass is 10.1. The van der Waals surface area contributed by atoms with Gasteiger partial charge in [0.1, 0.15) is 0 Å². The summed E-state index contributed by atoms with van der Waals surface area (Å²) in [6, 6.07) is 9.67. The van der Waals surface area contributed by atoms with E-state index in [1.165, 1.54) is 5.56 Å². The number of aromatic amines is 2. The van der Waals surface area contributed by atoms with Crippen LogP contribution in [0.5, 0.6) is 0 Å². The Balaban J connectivity index is 1.50. The zero-order chi connectivity index (χ0) is 19.4. The normalized spacial score (nSPS) is 12.4. The molecule has 7 heteroatoms. The molecule has 1 aromatic carbocycles. The van der Waals surface area contributed by atoms with E-state index in [0.29, 0.717) is 24.2 Å². The van der Waals surface area contributed by atoms with Crippen LogP contribution >= 0.6 is 0 Å². The van der Waals surface area contributed by atoms with Crippen LogP contribution in [0.15, 0.2) is 41.3 Å². The van der Waals surface area contributed by atoms with Gasteiger partial charge in [-0.15, -0.1) is 0 Å². The van der Waals surface area contributed by atoms with Crippen molar-refractivity contribution in [3.8, 4) is 0 Å². The maximum absolute atomic E-state index is 12.3. The molecular formula is C20H25N5O2. The molecule has 1 atom stereocenters. The number of nitrogens with zero attached hydrogens (tertiary/aromatic N) is 2. The highest BCUT2D eigenvalue weighted by molar-refractivity contribution is 5.93. The number of hydrogen-bond donors (Lipinski definition) is 3. The van der Waals surface area contributed by atoms with E-state index in [2.05, 4.69) is 45.1 Å². The van der Waals surface area contributed by atoms with E-state index in [0.717, 1.165) is 17.6 Å². The average molecular weight is 367 g/mol. The number of amides is 1. The summed E-state index contributed by atoms with van der Waals surface area (Å²) in [6.07, 6.45) is 3.07. The number of fused-ring (bicyclic) bond motifs is 1. The van der Waals surface area contributed by atoms with E-state index in [4.69, 9.17) is 0 Å². The van der Waals surface area contributed by atoms with E-state index < -0.39 is 0 Å². The van der Waals surface area contributed by atoms with Gasteiger partial charge in [0.25, 0.3) is 0 Å². The molecule has 0 aliphatic rings. The quantitative estimate of drug-likeness (QED) is 0.598. The van der Waals surface area contributed by atoms with Crippen LogP contribution in [-0.4, -0.2) is 45.4 Å². The Kier molecular flexibility index (Phi) is 5.71. The summed E-state index contributed by atoms with van der Waals surface area (Å²) in [5.41, 5.74) is 4.07. The summed E-state index contributed by atoms with van der Waals surface area (Å²) < 4.78 is 0. The number of carbonyl (C=O) groups is 1. The van der Waals surface area contributed by atoms with Gasteiger partial charge in [0.15, 0.2) is 0 Å². The molecule has 0 unspecified atom stereocenters. The van der Waals surface area contributed by atoms with Crippen LogP contribution < -0.4 is 11.0 Å². The summed E-state index contributed by atoms with van der Waals surface area (Å²) in [5, 5.41) is 2.88. The van der Waals surface area contributed by atoms with Gasteiger partial charge in [0.2, 0.25) is 5.91 Å². The minimum Gasteiger partial charge on any atom is -0.326 e. The van der Waals surface area contributed by atoms with Crippen LogP contribution in [0.25, 0.3) is 11.0 Å². The molecule has 0 spiro atoms. The molecule has 0 saturated heterocycles. The van der Waals surface area contributed by atoms with Gasteiger partial charge in [-0.05, 0) is 56.8 Å². The number of hydrogen-bond acceptors (Lipinski definition) is 4. The van der Waals surface area contributed by atoms with Gasteiger partial charge in [-0.2, -0.15) is 0 Å². The van der Waals surface area contributed by atoms with E-state index in [1.54, 1.807) is 18.2 Å². The van der Waals surface area contributed by atoms with Crippen LogP contribution in [0, 0.1) is 6.92 Å². The van der Waals surface area contributed by atoms with E-state index in [9.17, 15) is 9.59 Å². The number of aromatic nitrogens is 3. The van der Waals surface area contributed by atoms with Gasteiger partial charge < -0.3 is 20.2 Å². The number of aryl methyl sites for hydroxylation is 1. The maximum Gasteiger partial charge on any atom is 0.323 e.